The maximum atomic E-state index is 11.5. The number of hydrogen-bond donors (Lipinski definition) is 2. The van der Waals surface area contributed by atoms with Crippen LogP contribution in [0.25, 0.3) is 11.8 Å². The Labute approximate surface area is 121 Å². The van der Waals surface area contributed by atoms with Gasteiger partial charge in [-0.1, -0.05) is 0 Å². The van der Waals surface area contributed by atoms with Crippen molar-refractivity contribution in [3.63, 3.8) is 0 Å². The van der Waals surface area contributed by atoms with Crippen LogP contribution in [0.15, 0.2) is 29.5 Å². The van der Waals surface area contributed by atoms with E-state index < -0.39 is 11.9 Å². The van der Waals surface area contributed by atoms with Crippen molar-refractivity contribution in [3.05, 3.63) is 40.6 Å². The monoisotopic (exact) mass is 337 g/mol. The average Bonchev–Trinajstić information content (AvgIpc) is 2.81. The summed E-state index contributed by atoms with van der Waals surface area (Å²) in [7, 11) is 0. The first kappa shape index (κ1) is 13.9. The summed E-state index contributed by atoms with van der Waals surface area (Å²) in [6.45, 7) is 0. The first-order valence-corrected chi connectivity index (χ1v) is 6.03. The Balaban J connectivity index is 2.49. The van der Waals surface area contributed by atoms with Crippen molar-refractivity contribution in [1.82, 2.24) is 19.7 Å². The fourth-order valence-electron chi connectivity index (χ4n) is 1.43. The Kier molecular flexibility index (Phi) is 3.89. The Morgan fingerprint density at radius 1 is 1.35 bits per heavy atom. The predicted octanol–water partition coefficient (Wildman–Crippen LogP) is 0.617. The third-order valence-electron chi connectivity index (χ3n) is 2.30. The maximum absolute atomic E-state index is 11.5. The molecule has 2 aromatic heterocycles. The second-order valence-corrected chi connectivity index (χ2v) is 4.38. The standard InChI is InChI=1S/C11H8BrN5O3/c12-11-15-5-17(16-11)4-8(9(13)18)6-1-7(10(19)20)3-14-2-6/h1-5H,(H2,13,18)(H,19,20)/b8-4+. The molecule has 2 aromatic rings. The first-order valence-electron chi connectivity index (χ1n) is 5.24. The molecule has 2 heterocycles. The zero-order valence-electron chi connectivity index (χ0n) is 9.89. The van der Waals surface area contributed by atoms with Gasteiger partial charge in [0.25, 0.3) is 5.91 Å². The molecule has 3 N–H and O–H groups in total. The van der Waals surface area contributed by atoms with Gasteiger partial charge in [0.05, 0.1) is 11.1 Å². The van der Waals surface area contributed by atoms with Crippen LogP contribution < -0.4 is 5.73 Å². The van der Waals surface area contributed by atoms with E-state index in [1.54, 1.807) is 0 Å². The lowest BCUT2D eigenvalue weighted by molar-refractivity contribution is -0.112. The van der Waals surface area contributed by atoms with Crippen LogP contribution in [0.1, 0.15) is 15.9 Å². The minimum absolute atomic E-state index is 0.0468. The van der Waals surface area contributed by atoms with E-state index in [0.717, 1.165) is 0 Å². The number of nitrogens with two attached hydrogens (primary N) is 1. The average molecular weight is 338 g/mol. The van der Waals surface area contributed by atoms with Crippen LogP contribution >= 0.6 is 15.9 Å². The number of pyridine rings is 1. The molecular weight excluding hydrogens is 330 g/mol. The van der Waals surface area contributed by atoms with Gasteiger partial charge >= 0.3 is 5.97 Å². The highest BCUT2D eigenvalue weighted by Gasteiger charge is 2.12. The Morgan fingerprint density at radius 3 is 2.60 bits per heavy atom. The highest BCUT2D eigenvalue weighted by atomic mass is 79.9. The number of rotatable bonds is 4. The molecule has 102 valence electrons. The quantitative estimate of drug-likeness (QED) is 0.788. The molecule has 0 unspecified atom stereocenters. The molecule has 0 atom stereocenters. The molecule has 20 heavy (non-hydrogen) atoms. The zero-order chi connectivity index (χ0) is 14.7. The maximum Gasteiger partial charge on any atom is 0.337 e. The lowest BCUT2D eigenvalue weighted by Crippen LogP contribution is -2.14. The van der Waals surface area contributed by atoms with E-state index >= 15 is 0 Å². The highest BCUT2D eigenvalue weighted by molar-refractivity contribution is 9.10. The van der Waals surface area contributed by atoms with Gasteiger partial charge < -0.3 is 10.8 Å². The minimum Gasteiger partial charge on any atom is -0.478 e. The summed E-state index contributed by atoms with van der Waals surface area (Å²) in [4.78, 5) is 30.0. The SMILES string of the molecule is NC(=O)/C(=C/n1cnc(Br)n1)c1cncc(C(=O)O)c1. The number of carbonyl (C=O) groups is 2. The molecule has 0 aromatic carbocycles. The van der Waals surface area contributed by atoms with E-state index in [-0.39, 0.29) is 16.7 Å². The molecular formula is C11H8BrN5O3. The lowest BCUT2D eigenvalue weighted by Gasteiger charge is -2.04. The fraction of sp³-hybridized carbons (Fsp3) is 0. The number of carboxylic acids is 1. The second-order valence-electron chi connectivity index (χ2n) is 3.67. The van der Waals surface area contributed by atoms with Gasteiger partial charge in [0.1, 0.15) is 6.33 Å². The Bertz CT molecular complexity index is 710. The normalized spacial score (nSPS) is 11.3. The summed E-state index contributed by atoms with van der Waals surface area (Å²) in [5.41, 5.74) is 5.60. The number of amides is 1. The highest BCUT2D eigenvalue weighted by Crippen LogP contribution is 2.16. The number of aromatic carboxylic acids is 1. The molecule has 0 aliphatic heterocycles. The summed E-state index contributed by atoms with van der Waals surface area (Å²) in [5, 5.41) is 12.8. The van der Waals surface area contributed by atoms with Crippen LogP contribution in [0.4, 0.5) is 0 Å². The fourth-order valence-corrected chi connectivity index (χ4v) is 1.71. The Hall–Kier alpha value is -2.55. The first-order chi connectivity index (χ1) is 9.47. The van der Waals surface area contributed by atoms with Crippen LogP contribution in [0.2, 0.25) is 0 Å². The molecule has 0 saturated carbocycles. The molecule has 9 heteroatoms. The molecule has 8 nitrogen and oxygen atoms in total. The molecule has 0 aliphatic rings. The van der Waals surface area contributed by atoms with Gasteiger partial charge in [-0.2, -0.15) is 0 Å². The van der Waals surface area contributed by atoms with Crippen molar-refractivity contribution in [2.24, 2.45) is 5.73 Å². The molecule has 0 aliphatic carbocycles. The van der Waals surface area contributed by atoms with Crippen LogP contribution in [0.3, 0.4) is 0 Å². The van der Waals surface area contributed by atoms with E-state index in [0.29, 0.717) is 4.73 Å². The summed E-state index contributed by atoms with van der Waals surface area (Å²) < 4.78 is 1.62. The van der Waals surface area contributed by atoms with Crippen LogP contribution in [-0.2, 0) is 4.79 Å². The van der Waals surface area contributed by atoms with Gasteiger partial charge in [-0.15, -0.1) is 5.10 Å². The van der Waals surface area contributed by atoms with E-state index in [9.17, 15) is 9.59 Å². The van der Waals surface area contributed by atoms with Crippen molar-refractivity contribution in [2.45, 2.75) is 0 Å². The van der Waals surface area contributed by atoms with Crippen LogP contribution in [0, 0.1) is 0 Å². The van der Waals surface area contributed by atoms with Crippen LogP contribution in [-0.4, -0.2) is 36.7 Å². The van der Waals surface area contributed by atoms with Crippen molar-refractivity contribution in [3.8, 4) is 0 Å². The smallest absolute Gasteiger partial charge is 0.337 e. The van der Waals surface area contributed by atoms with Gasteiger partial charge in [0.2, 0.25) is 4.73 Å². The van der Waals surface area contributed by atoms with Gasteiger partial charge in [0.15, 0.2) is 0 Å². The number of primary amides is 1. The van der Waals surface area contributed by atoms with E-state index in [1.807, 2.05) is 0 Å². The minimum atomic E-state index is -1.15. The molecule has 0 spiro atoms. The van der Waals surface area contributed by atoms with Crippen molar-refractivity contribution >= 4 is 39.6 Å². The van der Waals surface area contributed by atoms with Gasteiger partial charge in [-0.25, -0.2) is 14.5 Å². The van der Waals surface area contributed by atoms with E-state index in [4.69, 9.17) is 10.8 Å². The van der Waals surface area contributed by atoms with Crippen LogP contribution in [0.5, 0.6) is 0 Å². The van der Waals surface area contributed by atoms with E-state index in [2.05, 4.69) is 31.0 Å². The summed E-state index contributed by atoms with van der Waals surface area (Å²) in [5.74, 6) is -1.88. The van der Waals surface area contributed by atoms with Crippen molar-refractivity contribution in [1.29, 1.82) is 0 Å². The number of carboxylic acid groups (broad SMARTS) is 1. The van der Waals surface area contributed by atoms with Crippen molar-refractivity contribution in [2.75, 3.05) is 0 Å². The van der Waals surface area contributed by atoms with Gasteiger partial charge in [-0.05, 0) is 22.0 Å². The molecule has 0 fully saturated rings. The topological polar surface area (TPSA) is 124 Å². The number of nitrogens with zero attached hydrogens (tertiary/aromatic N) is 4. The Morgan fingerprint density at radius 2 is 2.05 bits per heavy atom. The third kappa shape index (κ3) is 3.06. The summed E-state index contributed by atoms with van der Waals surface area (Å²) in [6.07, 6.45) is 5.22. The summed E-state index contributed by atoms with van der Waals surface area (Å²) in [6, 6.07) is 1.30. The number of aromatic nitrogens is 4. The second kappa shape index (κ2) is 5.61. The lowest BCUT2D eigenvalue weighted by atomic mass is 10.1. The number of carbonyl (C=O) groups excluding carboxylic acids is 1. The van der Waals surface area contributed by atoms with Crippen molar-refractivity contribution < 1.29 is 14.7 Å². The molecule has 0 bridgehead atoms. The number of hydrogen-bond acceptors (Lipinski definition) is 5. The zero-order valence-corrected chi connectivity index (χ0v) is 11.5. The number of halogens is 1. The molecule has 2 rings (SSSR count). The van der Waals surface area contributed by atoms with Gasteiger partial charge in [-0.3, -0.25) is 9.78 Å². The summed E-state index contributed by atoms with van der Waals surface area (Å²) >= 11 is 3.07. The molecule has 0 saturated heterocycles. The third-order valence-corrected chi connectivity index (χ3v) is 2.67. The molecule has 0 radical (unpaired) electrons. The van der Waals surface area contributed by atoms with Gasteiger partial charge in [0, 0.05) is 24.2 Å². The largest absolute Gasteiger partial charge is 0.478 e. The predicted molar refractivity (Wildman–Crippen MR) is 72.3 cm³/mol. The van der Waals surface area contributed by atoms with E-state index in [1.165, 1.54) is 35.7 Å². The molecule has 1 amide bonds.